The molecule has 0 saturated carbocycles. The summed E-state index contributed by atoms with van der Waals surface area (Å²) in [5.41, 5.74) is 0.509. The summed E-state index contributed by atoms with van der Waals surface area (Å²) in [7, 11) is 0. The monoisotopic (exact) mass is 320 g/mol. The predicted molar refractivity (Wildman–Crippen MR) is 75.0 cm³/mol. The number of alkyl halides is 3. The molecule has 1 N–H and O–H groups in total. The summed E-state index contributed by atoms with van der Waals surface area (Å²) in [5.74, 6) is 0.521. The molecule has 9 heteroatoms. The van der Waals surface area contributed by atoms with Gasteiger partial charge in [-0.25, -0.2) is 9.67 Å². The summed E-state index contributed by atoms with van der Waals surface area (Å²) in [6.07, 6.45) is -1.81. The maximum atomic E-state index is 12.6. The van der Waals surface area contributed by atoms with Crippen molar-refractivity contribution in [2.24, 2.45) is 4.99 Å². The maximum Gasteiger partial charge on any atom is 0.433 e. The standard InChI is InChI=1S/C14H11F3N6/c1-8(9-2-3-12(20-5-9)14(15,16)17)23-13-10(6-19-7-21-13)11(4-18)22-23/h2-3,5,7-8H,6H2,1H3,(H,19,21)/t8-/m0/s1. The number of nitrogens with zero attached hydrogens (tertiary/aromatic N) is 5. The van der Waals surface area contributed by atoms with Crippen LogP contribution in [0, 0.1) is 11.3 Å². The van der Waals surface area contributed by atoms with Crippen LogP contribution >= 0.6 is 0 Å². The zero-order chi connectivity index (χ0) is 16.6. The smallest absolute Gasteiger partial charge is 0.372 e. The van der Waals surface area contributed by atoms with Crippen LogP contribution in [0.2, 0.25) is 0 Å². The maximum absolute atomic E-state index is 12.6. The zero-order valence-electron chi connectivity index (χ0n) is 12.0. The molecule has 0 fully saturated rings. The van der Waals surface area contributed by atoms with E-state index in [0.717, 1.165) is 6.07 Å². The van der Waals surface area contributed by atoms with Gasteiger partial charge in [-0.15, -0.1) is 0 Å². The van der Waals surface area contributed by atoms with Crippen LogP contribution in [0.1, 0.15) is 35.5 Å². The van der Waals surface area contributed by atoms with Crippen LogP contribution in [0.25, 0.3) is 0 Å². The Hall–Kier alpha value is -2.89. The van der Waals surface area contributed by atoms with Crippen molar-refractivity contribution >= 4 is 12.2 Å². The second-order valence-electron chi connectivity index (χ2n) is 5.00. The molecule has 3 heterocycles. The van der Waals surface area contributed by atoms with Gasteiger partial charge in [-0.1, -0.05) is 6.07 Å². The van der Waals surface area contributed by atoms with Crippen molar-refractivity contribution in [3.8, 4) is 6.07 Å². The molecule has 0 bridgehead atoms. The minimum atomic E-state index is -4.48. The fourth-order valence-electron chi connectivity index (χ4n) is 2.34. The van der Waals surface area contributed by atoms with E-state index in [-0.39, 0.29) is 5.69 Å². The summed E-state index contributed by atoms with van der Waals surface area (Å²) in [4.78, 5) is 7.63. The SMILES string of the molecule is C[C@@H](c1ccc(C(F)(F)F)nc1)n1nc(C#N)c2c1N=CNC2. The summed E-state index contributed by atoms with van der Waals surface area (Å²) >= 11 is 0. The number of nitriles is 1. The number of nitrogens with one attached hydrogen (secondary N) is 1. The van der Waals surface area contributed by atoms with Crippen LogP contribution in [-0.4, -0.2) is 21.1 Å². The third-order valence-electron chi connectivity index (χ3n) is 3.57. The molecule has 2 aromatic rings. The van der Waals surface area contributed by atoms with Gasteiger partial charge in [0.2, 0.25) is 0 Å². The van der Waals surface area contributed by atoms with E-state index in [1.807, 2.05) is 6.07 Å². The quantitative estimate of drug-likeness (QED) is 0.922. The van der Waals surface area contributed by atoms with Crippen LogP contribution in [0.4, 0.5) is 19.0 Å². The minimum absolute atomic E-state index is 0.246. The van der Waals surface area contributed by atoms with Crippen LogP contribution in [-0.2, 0) is 12.7 Å². The first-order valence-electron chi connectivity index (χ1n) is 6.72. The second-order valence-corrected chi connectivity index (χ2v) is 5.00. The van der Waals surface area contributed by atoms with Gasteiger partial charge in [0.15, 0.2) is 11.5 Å². The van der Waals surface area contributed by atoms with Crippen LogP contribution in [0.15, 0.2) is 23.3 Å². The second kappa shape index (κ2) is 5.39. The highest BCUT2D eigenvalue weighted by Gasteiger charge is 2.32. The predicted octanol–water partition coefficient (Wildman–Crippen LogP) is 2.54. The van der Waals surface area contributed by atoms with Gasteiger partial charge >= 0.3 is 6.18 Å². The molecule has 0 spiro atoms. The molecule has 3 rings (SSSR count). The minimum Gasteiger partial charge on any atom is -0.372 e. The molecule has 1 aliphatic rings. The molecule has 2 aromatic heterocycles. The number of rotatable bonds is 2. The molecule has 118 valence electrons. The van der Waals surface area contributed by atoms with Crippen molar-refractivity contribution < 1.29 is 13.2 Å². The van der Waals surface area contributed by atoms with Crippen molar-refractivity contribution in [3.63, 3.8) is 0 Å². The molecule has 1 aliphatic heterocycles. The van der Waals surface area contributed by atoms with Crippen molar-refractivity contribution in [1.82, 2.24) is 20.1 Å². The van der Waals surface area contributed by atoms with E-state index in [1.165, 1.54) is 23.3 Å². The third kappa shape index (κ3) is 2.63. The Labute approximate surface area is 129 Å². The van der Waals surface area contributed by atoms with Gasteiger partial charge in [0.25, 0.3) is 0 Å². The molecule has 0 aromatic carbocycles. The van der Waals surface area contributed by atoms with Gasteiger partial charge < -0.3 is 5.32 Å². The number of fused-ring (bicyclic) bond motifs is 1. The average molecular weight is 320 g/mol. The van der Waals surface area contributed by atoms with Crippen molar-refractivity contribution in [2.45, 2.75) is 25.7 Å². The number of pyridine rings is 1. The molecule has 0 radical (unpaired) electrons. The first-order valence-corrected chi connectivity index (χ1v) is 6.72. The first-order chi connectivity index (χ1) is 10.9. The Kier molecular flexibility index (Phi) is 3.52. The van der Waals surface area contributed by atoms with E-state index < -0.39 is 17.9 Å². The lowest BCUT2D eigenvalue weighted by Gasteiger charge is -2.16. The first kappa shape index (κ1) is 15.0. The Balaban J connectivity index is 1.99. The molecular formula is C14H11F3N6. The zero-order valence-corrected chi connectivity index (χ0v) is 12.0. The normalized spacial score (nSPS) is 14.7. The molecule has 6 nitrogen and oxygen atoms in total. The highest BCUT2D eigenvalue weighted by atomic mass is 19.4. The number of aliphatic imine (C=N–C) groups is 1. The summed E-state index contributed by atoms with van der Waals surface area (Å²) in [6, 6.07) is 3.88. The van der Waals surface area contributed by atoms with E-state index in [0.29, 0.717) is 23.5 Å². The number of hydrogen-bond acceptors (Lipinski definition) is 5. The fraction of sp³-hybridized carbons (Fsp3) is 0.286. The van der Waals surface area contributed by atoms with Gasteiger partial charge in [0, 0.05) is 12.7 Å². The van der Waals surface area contributed by atoms with Crippen molar-refractivity contribution in [2.75, 3.05) is 0 Å². The largest absolute Gasteiger partial charge is 0.433 e. The highest BCUT2D eigenvalue weighted by Crippen LogP contribution is 2.32. The lowest BCUT2D eigenvalue weighted by Crippen LogP contribution is -2.16. The number of aromatic nitrogens is 3. The van der Waals surface area contributed by atoms with Gasteiger partial charge in [-0.2, -0.15) is 23.5 Å². The van der Waals surface area contributed by atoms with Gasteiger partial charge in [0.05, 0.1) is 17.9 Å². The van der Waals surface area contributed by atoms with Crippen molar-refractivity contribution in [1.29, 1.82) is 5.26 Å². The molecule has 0 saturated heterocycles. The van der Waals surface area contributed by atoms with E-state index in [2.05, 4.69) is 20.4 Å². The topological polar surface area (TPSA) is 78.9 Å². The molecule has 0 unspecified atom stereocenters. The summed E-state index contributed by atoms with van der Waals surface area (Å²) < 4.78 is 39.3. The average Bonchev–Trinajstić information content (AvgIpc) is 2.92. The Bertz CT molecular complexity index is 798. The van der Waals surface area contributed by atoms with Crippen LogP contribution in [0.5, 0.6) is 0 Å². The fourth-order valence-corrected chi connectivity index (χ4v) is 2.34. The molecular weight excluding hydrogens is 309 g/mol. The highest BCUT2D eigenvalue weighted by molar-refractivity contribution is 5.66. The van der Waals surface area contributed by atoms with E-state index in [1.54, 1.807) is 6.92 Å². The Morgan fingerprint density at radius 1 is 1.39 bits per heavy atom. The third-order valence-corrected chi connectivity index (χ3v) is 3.57. The van der Waals surface area contributed by atoms with Gasteiger partial charge in [-0.3, -0.25) is 4.98 Å². The molecule has 0 amide bonds. The summed E-state index contributed by atoms with van der Waals surface area (Å²) in [5, 5.41) is 16.3. The van der Waals surface area contributed by atoms with Crippen LogP contribution in [0.3, 0.4) is 0 Å². The van der Waals surface area contributed by atoms with E-state index in [9.17, 15) is 13.2 Å². The Morgan fingerprint density at radius 2 is 2.17 bits per heavy atom. The number of hydrogen-bond donors (Lipinski definition) is 1. The number of halogens is 3. The summed E-state index contributed by atoms with van der Waals surface area (Å²) in [6.45, 7) is 2.19. The lowest BCUT2D eigenvalue weighted by molar-refractivity contribution is -0.141. The Morgan fingerprint density at radius 3 is 2.78 bits per heavy atom. The molecule has 23 heavy (non-hydrogen) atoms. The van der Waals surface area contributed by atoms with Gasteiger partial charge in [-0.05, 0) is 18.6 Å². The van der Waals surface area contributed by atoms with Crippen LogP contribution < -0.4 is 5.32 Å². The van der Waals surface area contributed by atoms with Crippen molar-refractivity contribution in [3.05, 3.63) is 40.8 Å². The molecule has 1 atom stereocenters. The molecule has 0 aliphatic carbocycles. The van der Waals surface area contributed by atoms with E-state index >= 15 is 0 Å². The lowest BCUT2D eigenvalue weighted by atomic mass is 10.1. The van der Waals surface area contributed by atoms with Gasteiger partial charge in [0.1, 0.15) is 11.8 Å². The van der Waals surface area contributed by atoms with E-state index in [4.69, 9.17) is 5.26 Å².